The summed E-state index contributed by atoms with van der Waals surface area (Å²) in [5, 5.41) is 17.6. The number of carbonyl (C=O) groups excluding carboxylic acids is 2. The minimum Gasteiger partial charge on any atom is -0.393 e. The van der Waals surface area contributed by atoms with Gasteiger partial charge in [0, 0.05) is 25.8 Å². The first-order valence-corrected chi connectivity index (χ1v) is 3.34. The Hall–Kier alpha value is -0.440. The van der Waals surface area contributed by atoms with E-state index in [4.69, 9.17) is 10.2 Å². The van der Waals surface area contributed by atoms with Crippen molar-refractivity contribution in [3.8, 4) is 0 Å². The SMILES string of the molecule is O=C(OS)C(O)C(O)C(=O)OS. The molecule has 0 aromatic heterocycles. The van der Waals surface area contributed by atoms with Gasteiger partial charge in [-0.25, -0.2) is 9.59 Å². The van der Waals surface area contributed by atoms with E-state index < -0.39 is 24.1 Å². The highest BCUT2D eigenvalue weighted by atomic mass is 32.1. The van der Waals surface area contributed by atoms with Crippen molar-refractivity contribution in [1.82, 2.24) is 0 Å². The molecule has 6 nitrogen and oxygen atoms in total. The van der Waals surface area contributed by atoms with E-state index in [0.717, 1.165) is 0 Å². The van der Waals surface area contributed by atoms with Gasteiger partial charge in [-0.05, 0) is 0 Å². The van der Waals surface area contributed by atoms with Crippen LogP contribution in [0.2, 0.25) is 0 Å². The summed E-state index contributed by atoms with van der Waals surface area (Å²) in [6.07, 6.45) is -4.05. The van der Waals surface area contributed by atoms with Gasteiger partial charge in [0.1, 0.15) is 0 Å². The maximum Gasteiger partial charge on any atom is 0.350 e. The molecule has 0 saturated carbocycles. The first-order valence-electron chi connectivity index (χ1n) is 2.61. The van der Waals surface area contributed by atoms with E-state index in [1.807, 2.05) is 0 Å². The molecule has 0 spiro atoms. The summed E-state index contributed by atoms with van der Waals surface area (Å²) in [6, 6.07) is 0. The topological polar surface area (TPSA) is 93.1 Å². The smallest absolute Gasteiger partial charge is 0.350 e. The van der Waals surface area contributed by atoms with Crippen LogP contribution < -0.4 is 0 Å². The number of aliphatic hydroxyl groups is 2. The Bertz CT molecular complexity index is 162. The lowest BCUT2D eigenvalue weighted by atomic mass is 10.2. The van der Waals surface area contributed by atoms with Crippen molar-refractivity contribution in [2.75, 3.05) is 0 Å². The van der Waals surface area contributed by atoms with Crippen LogP contribution in [0.5, 0.6) is 0 Å². The molecule has 8 heteroatoms. The summed E-state index contributed by atoms with van der Waals surface area (Å²) in [5.74, 6) is -2.52. The average molecular weight is 214 g/mol. The number of aliphatic hydroxyl groups excluding tert-OH is 2. The van der Waals surface area contributed by atoms with E-state index in [9.17, 15) is 9.59 Å². The molecule has 0 radical (unpaired) electrons. The largest absolute Gasteiger partial charge is 0.393 e. The molecule has 2 atom stereocenters. The highest BCUT2D eigenvalue weighted by molar-refractivity contribution is 7.75. The van der Waals surface area contributed by atoms with Gasteiger partial charge in [0.2, 0.25) is 0 Å². The van der Waals surface area contributed by atoms with Gasteiger partial charge in [0.25, 0.3) is 0 Å². The van der Waals surface area contributed by atoms with E-state index in [2.05, 4.69) is 34.2 Å². The van der Waals surface area contributed by atoms with Crippen LogP contribution in [0.3, 0.4) is 0 Å². The summed E-state index contributed by atoms with van der Waals surface area (Å²) in [7, 11) is 0. The number of thiol groups is 2. The maximum absolute atomic E-state index is 10.4. The fraction of sp³-hybridized carbons (Fsp3) is 0.500. The van der Waals surface area contributed by atoms with Crippen LogP contribution >= 0.6 is 25.8 Å². The number of hydrogen-bond acceptors (Lipinski definition) is 8. The van der Waals surface area contributed by atoms with Gasteiger partial charge in [-0.1, -0.05) is 0 Å². The lowest BCUT2D eigenvalue weighted by molar-refractivity contribution is -0.160. The van der Waals surface area contributed by atoms with Crippen LogP contribution in [0, 0.1) is 0 Å². The molecule has 0 aromatic carbocycles. The van der Waals surface area contributed by atoms with E-state index >= 15 is 0 Å². The number of rotatable bonds is 3. The van der Waals surface area contributed by atoms with Crippen LogP contribution in [0.25, 0.3) is 0 Å². The zero-order valence-corrected chi connectivity index (χ0v) is 7.37. The molecule has 2 N–H and O–H groups in total. The highest BCUT2D eigenvalue weighted by Gasteiger charge is 2.32. The molecule has 0 aliphatic rings. The van der Waals surface area contributed by atoms with Crippen molar-refractivity contribution in [1.29, 1.82) is 0 Å². The normalized spacial score (nSPS) is 14.7. The van der Waals surface area contributed by atoms with Crippen molar-refractivity contribution < 1.29 is 28.2 Å². The molecule has 0 aliphatic carbocycles. The zero-order chi connectivity index (χ0) is 9.72. The molecule has 70 valence electrons. The molecule has 0 aromatic rings. The molecule has 0 fully saturated rings. The van der Waals surface area contributed by atoms with Crippen molar-refractivity contribution in [3.63, 3.8) is 0 Å². The monoisotopic (exact) mass is 214 g/mol. The molecular weight excluding hydrogens is 208 g/mol. The van der Waals surface area contributed by atoms with Crippen LogP contribution in [0.4, 0.5) is 0 Å². The summed E-state index contributed by atoms with van der Waals surface area (Å²) in [6.45, 7) is 0. The Balaban J connectivity index is 4.18. The predicted molar refractivity (Wildman–Crippen MR) is 42.2 cm³/mol. The van der Waals surface area contributed by atoms with Crippen molar-refractivity contribution in [3.05, 3.63) is 0 Å². The summed E-state index contributed by atoms with van der Waals surface area (Å²) in [4.78, 5) is 20.9. The van der Waals surface area contributed by atoms with Crippen molar-refractivity contribution in [2.45, 2.75) is 12.2 Å². The summed E-state index contributed by atoms with van der Waals surface area (Å²) < 4.78 is 7.48. The lowest BCUT2D eigenvalue weighted by Gasteiger charge is -2.11. The van der Waals surface area contributed by atoms with E-state index in [1.54, 1.807) is 0 Å². The van der Waals surface area contributed by atoms with Gasteiger partial charge in [-0.3, -0.25) is 0 Å². The summed E-state index contributed by atoms with van der Waals surface area (Å²) in [5.41, 5.74) is 0. The van der Waals surface area contributed by atoms with E-state index in [1.165, 1.54) is 0 Å². The van der Waals surface area contributed by atoms with Gasteiger partial charge < -0.3 is 18.6 Å². The van der Waals surface area contributed by atoms with Crippen LogP contribution in [0.1, 0.15) is 0 Å². The number of hydrogen-bond donors (Lipinski definition) is 4. The molecule has 0 heterocycles. The van der Waals surface area contributed by atoms with Gasteiger partial charge in [0.15, 0.2) is 12.2 Å². The molecular formula is C4H6O6S2. The first-order chi connectivity index (χ1) is 5.54. The Morgan fingerprint density at radius 3 is 1.42 bits per heavy atom. The lowest BCUT2D eigenvalue weighted by Crippen LogP contribution is -2.40. The van der Waals surface area contributed by atoms with Gasteiger partial charge in [-0.15, -0.1) is 0 Å². The molecule has 0 amide bonds. The maximum atomic E-state index is 10.4. The molecule has 0 aliphatic heterocycles. The third-order valence-electron chi connectivity index (χ3n) is 0.962. The Morgan fingerprint density at radius 2 is 1.25 bits per heavy atom. The second-order valence-electron chi connectivity index (χ2n) is 1.71. The molecule has 2 unspecified atom stereocenters. The third kappa shape index (κ3) is 2.89. The Morgan fingerprint density at radius 1 is 1.00 bits per heavy atom. The molecule has 0 saturated heterocycles. The number of carbonyl (C=O) groups is 2. The third-order valence-corrected chi connectivity index (χ3v) is 1.32. The van der Waals surface area contributed by atoms with E-state index in [0.29, 0.717) is 0 Å². The van der Waals surface area contributed by atoms with Crippen LogP contribution in [-0.2, 0) is 18.0 Å². The average Bonchev–Trinajstić information content (AvgIpc) is 2.12. The van der Waals surface area contributed by atoms with Gasteiger partial charge >= 0.3 is 11.9 Å². The van der Waals surface area contributed by atoms with E-state index in [-0.39, 0.29) is 0 Å². The minimum absolute atomic E-state index is 1.26. The van der Waals surface area contributed by atoms with Gasteiger partial charge in [-0.2, -0.15) is 0 Å². The zero-order valence-electron chi connectivity index (χ0n) is 5.58. The Kier molecular flexibility index (Phi) is 5.06. The predicted octanol–water partition coefficient (Wildman–Crippen LogP) is -1.52. The fourth-order valence-corrected chi connectivity index (χ4v) is 0.582. The first kappa shape index (κ1) is 11.6. The second kappa shape index (κ2) is 5.25. The quantitative estimate of drug-likeness (QED) is 0.337. The van der Waals surface area contributed by atoms with Crippen molar-refractivity contribution in [2.24, 2.45) is 0 Å². The van der Waals surface area contributed by atoms with Crippen LogP contribution in [-0.4, -0.2) is 34.4 Å². The van der Waals surface area contributed by atoms with Crippen LogP contribution in [0.15, 0.2) is 0 Å². The summed E-state index contributed by atoms with van der Waals surface area (Å²) >= 11 is 6.11. The minimum atomic E-state index is -2.03. The fourth-order valence-electron chi connectivity index (χ4n) is 0.366. The molecule has 12 heavy (non-hydrogen) atoms. The standard InChI is InChI=1S/C4H6O6S2/c5-1(3(7)9-11)2(6)4(8)10-12/h1-2,5-6,11-12H. The molecule has 0 bridgehead atoms. The van der Waals surface area contributed by atoms with Crippen molar-refractivity contribution >= 4 is 37.8 Å². The molecule has 0 rings (SSSR count). The second-order valence-corrected chi connectivity index (χ2v) is 2.08. The Labute approximate surface area is 78.7 Å². The van der Waals surface area contributed by atoms with Gasteiger partial charge in [0.05, 0.1) is 0 Å². The highest BCUT2D eigenvalue weighted by Crippen LogP contribution is 2.01.